The van der Waals surface area contributed by atoms with Crippen LogP contribution in [0, 0.1) is 0 Å². The van der Waals surface area contributed by atoms with E-state index in [4.69, 9.17) is 19.6 Å². The fraction of sp³-hybridized carbons (Fsp3) is 0.318. The molecule has 1 aliphatic heterocycles. The third-order valence-corrected chi connectivity index (χ3v) is 5.38. The number of fused-ring (bicyclic) bond motifs is 1. The maximum absolute atomic E-state index is 6.01. The number of nitrogens with one attached hydrogen (secondary N) is 1. The zero-order chi connectivity index (χ0) is 20.5. The zero-order valence-corrected chi connectivity index (χ0v) is 17.1. The highest BCUT2D eigenvalue weighted by atomic mass is 16.5. The molecule has 0 unspecified atom stereocenters. The normalized spacial score (nSPS) is 16.7. The summed E-state index contributed by atoms with van der Waals surface area (Å²) in [6.45, 7) is 0.748. The van der Waals surface area contributed by atoms with Crippen LogP contribution in [0.2, 0.25) is 0 Å². The summed E-state index contributed by atoms with van der Waals surface area (Å²) < 4.78 is 15.2. The molecule has 1 aromatic carbocycles. The topological polar surface area (TPSA) is 79.0 Å². The van der Waals surface area contributed by atoms with Crippen molar-refractivity contribution in [2.24, 2.45) is 7.05 Å². The molecule has 154 valence electrons. The van der Waals surface area contributed by atoms with Crippen LogP contribution in [0.5, 0.6) is 5.75 Å². The van der Waals surface area contributed by atoms with Crippen molar-refractivity contribution in [1.29, 1.82) is 0 Å². The van der Waals surface area contributed by atoms with Gasteiger partial charge >= 0.3 is 0 Å². The molecule has 3 aromatic heterocycles. The van der Waals surface area contributed by atoms with Crippen LogP contribution in [-0.2, 0) is 11.8 Å². The van der Waals surface area contributed by atoms with E-state index in [-0.39, 0.29) is 6.23 Å². The van der Waals surface area contributed by atoms with Gasteiger partial charge in [-0.05, 0) is 19.3 Å². The van der Waals surface area contributed by atoms with Gasteiger partial charge in [0.25, 0.3) is 0 Å². The monoisotopic (exact) mass is 404 g/mol. The molecule has 0 radical (unpaired) electrons. The lowest BCUT2D eigenvalue weighted by Gasteiger charge is -2.24. The second kappa shape index (κ2) is 7.79. The Morgan fingerprint density at radius 1 is 1.17 bits per heavy atom. The molecule has 1 saturated heterocycles. The summed E-state index contributed by atoms with van der Waals surface area (Å²) in [5, 5.41) is 13.5. The summed E-state index contributed by atoms with van der Waals surface area (Å²) in [6.07, 6.45) is 4.81. The van der Waals surface area contributed by atoms with Gasteiger partial charge in [0.2, 0.25) is 0 Å². The average molecular weight is 404 g/mol. The Kier molecular flexibility index (Phi) is 4.84. The Morgan fingerprint density at radius 2 is 2.03 bits per heavy atom. The van der Waals surface area contributed by atoms with Gasteiger partial charge in [0, 0.05) is 31.4 Å². The Morgan fingerprint density at radius 3 is 2.80 bits per heavy atom. The van der Waals surface area contributed by atoms with Gasteiger partial charge in [-0.25, -0.2) is 9.67 Å². The molecular weight excluding hydrogens is 380 g/mol. The first-order valence-corrected chi connectivity index (χ1v) is 10.1. The minimum atomic E-state index is -0.0963. The number of ether oxygens (including phenoxy) is 2. The minimum Gasteiger partial charge on any atom is -0.496 e. The first-order chi connectivity index (χ1) is 14.7. The second-order valence-electron chi connectivity index (χ2n) is 7.39. The van der Waals surface area contributed by atoms with E-state index in [1.54, 1.807) is 18.0 Å². The van der Waals surface area contributed by atoms with Crippen molar-refractivity contribution in [2.75, 3.05) is 19.0 Å². The first-order valence-electron chi connectivity index (χ1n) is 10.1. The van der Waals surface area contributed by atoms with Crippen LogP contribution in [0.4, 0.5) is 11.6 Å². The number of rotatable bonds is 5. The largest absolute Gasteiger partial charge is 0.496 e. The van der Waals surface area contributed by atoms with Gasteiger partial charge in [-0.1, -0.05) is 30.3 Å². The molecule has 1 fully saturated rings. The number of pyridine rings is 1. The van der Waals surface area contributed by atoms with Crippen LogP contribution >= 0.6 is 0 Å². The predicted octanol–water partition coefficient (Wildman–Crippen LogP) is 4.28. The molecule has 0 spiro atoms. The van der Waals surface area contributed by atoms with Crippen molar-refractivity contribution in [3.05, 3.63) is 48.7 Å². The summed E-state index contributed by atoms with van der Waals surface area (Å²) in [7, 11) is 3.52. The van der Waals surface area contributed by atoms with Crippen molar-refractivity contribution in [3.63, 3.8) is 0 Å². The van der Waals surface area contributed by atoms with Crippen molar-refractivity contribution < 1.29 is 9.47 Å². The van der Waals surface area contributed by atoms with E-state index in [2.05, 4.69) is 22.5 Å². The summed E-state index contributed by atoms with van der Waals surface area (Å²) in [4.78, 5) is 4.73. The van der Waals surface area contributed by atoms with Gasteiger partial charge in [0.15, 0.2) is 11.9 Å². The molecule has 1 atom stereocenters. The SMILES string of the molecule is COc1cc(Nc2cc(-c3ccccc3)nn2[C@H]2CCCCO2)nc2c1cnn2C. The summed E-state index contributed by atoms with van der Waals surface area (Å²) in [6, 6.07) is 14.1. The molecule has 1 N–H and O–H groups in total. The smallest absolute Gasteiger partial charge is 0.163 e. The predicted molar refractivity (Wildman–Crippen MR) is 115 cm³/mol. The number of nitrogens with zero attached hydrogens (tertiary/aromatic N) is 5. The van der Waals surface area contributed by atoms with Crippen molar-refractivity contribution in [3.8, 4) is 17.0 Å². The Labute approximate surface area is 174 Å². The molecule has 0 saturated carbocycles. The fourth-order valence-corrected chi connectivity index (χ4v) is 3.82. The Hall–Kier alpha value is -3.39. The van der Waals surface area contributed by atoms with Crippen LogP contribution in [0.25, 0.3) is 22.3 Å². The molecule has 30 heavy (non-hydrogen) atoms. The van der Waals surface area contributed by atoms with E-state index in [0.717, 1.165) is 59.7 Å². The molecule has 4 heterocycles. The number of aromatic nitrogens is 5. The van der Waals surface area contributed by atoms with E-state index in [1.807, 2.05) is 42.1 Å². The van der Waals surface area contributed by atoms with Gasteiger partial charge in [-0.2, -0.15) is 10.2 Å². The quantitative estimate of drug-likeness (QED) is 0.535. The number of methoxy groups -OCH3 is 1. The van der Waals surface area contributed by atoms with Crippen LogP contribution in [0.3, 0.4) is 0 Å². The maximum atomic E-state index is 6.01. The van der Waals surface area contributed by atoms with Crippen LogP contribution in [0.15, 0.2) is 48.7 Å². The minimum absolute atomic E-state index is 0.0963. The molecule has 4 aromatic rings. The number of benzene rings is 1. The van der Waals surface area contributed by atoms with E-state index in [1.165, 1.54) is 0 Å². The number of aryl methyl sites for hydroxylation is 1. The lowest BCUT2D eigenvalue weighted by Crippen LogP contribution is -2.20. The van der Waals surface area contributed by atoms with E-state index < -0.39 is 0 Å². The third kappa shape index (κ3) is 3.39. The Bertz CT molecular complexity index is 1160. The third-order valence-electron chi connectivity index (χ3n) is 5.38. The highest BCUT2D eigenvalue weighted by molar-refractivity contribution is 5.84. The van der Waals surface area contributed by atoms with Gasteiger partial charge in [-0.15, -0.1) is 0 Å². The van der Waals surface area contributed by atoms with Crippen molar-refractivity contribution in [2.45, 2.75) is 25.5 Å². The number of anilines is 2. The van der Waals surface area contributed by atoms with Crippen LogP contribution in [-0.4, -0.2) is 38.3 Å². The molecule has 0 aliphatic carbocycles. The molecule has 0 bridgehead atoms. The van der Waals surface area contributed by atoms with E-state index >= 15 is 0 Å². The zero-order valence-electron chi connectivity index (χ0n) is 17.1. The summed E-state index contributed by atoms with van der Waals surface area (Å²) in [5.41, 5.74) is 2.70. The highest BCUT2D eigenvalue weighted by Crippen LogP contribution is 2.33. The highest BCUT2D eigenvalue weighted by Gasteiger charge is 2.22. The Balaban J connectivity index is 1.56. The second-order valence-corrected chi connectivity index (χ2v) is 7.39. The van der Waals surface area contributed by atoms with Crippen molar-refractivity contribution >= 4 is 22.7 Å². The summed E-state index contributed by atoms with van der Waals surface area (Å²) in [5.74, 6) is 2.22. The fourth-order valence-electron chi connectivity index (χ4n) is 3.82. The van der Waals surface area contributed by atoms with Gasteiger partial charge in [0.1, 0.15) is 17.4 Å². The lowest BCUT2D eigenvalue weighted by atomic mass is 10.1. The van der Waals surface area contributed by atoms with Crippen molar-refractivity contribution in [1.82, 2.24) is 24.5 Å². The summed E-state index contributed by atoms with van der Waals surface area (Å²) >= 11 is 0. The molecule has 8 heteroatoms. The van der Waals surface area contributed by atoms with Gasteiger partial charge < -0.3 is 14.8 Å². The number of hydrogen-bond acceptors (Lipinski definition) is 6. The molecule has 5 rings (SSSR count). The molecule has 0 amide bonds. The van der Waals surface area contributed by atoms with E-state index in [0.29, 0.717) is 5.82 Å². The first kappa shape index (κ1) is 18.6. The number of hydrogen-bond donors (Lipinski definition) is 1. The average Bonchev–Trinajstić information content (AvgIpc) is 3.38. The maximum Gasteiger partial charge on any atom is 0.163 e. The molecular formula is C22H24N6O2. The molecule has 1 aliphatic rings. The van der Waals surface area contributed by atoms with Gasteiger partial charge in [0.05, 0.1) is 24.4 Å². The van der Waals surface area contributed by atoms with E-state index in [9.17, 15) is 0 Å². The lowest BCUT2D eigenvalue weighted by molar-refractivity contribution is -0.0379. The molecule has 8 nitrogen and oxygen atoms in total. The van der Waals surface area contributed by atoms with Crippen LogP contribution < -0.4 is 10.1 Å². The van der Waals surface area contributed by atoms with Gasteiger partial charge in [-0.3, -0.25) is 4.68 Å². The standard InChI is InChI=1S/C22H24N6O2/c1-27-22-16(14-23-27)18(29-2)13-19(25-22)24-20-12-17(15-8-4-3-5-9-15)26-28(20)21-10-6-7-11-30-21/h3-5,8-9,12-14,21H,6-7,10-11H2,1-2H3,(H,24,25)/t21-/m1/s1. The van der Waals surface area contributed by atoms with Crippen LogP contribution in [0.1, 0.15) is 25.5 Å².